The van der Waals surface area contributed by atoms with E-state index in [4.69, 9.17) is 0 Å². The molecule has 7 heavy (non-hydrogen) atoms. The predicted molar refractivity (Wildman–Crippen MR) is 37.2 cm³/mol. The summed E-state index contributed by atoms with van der Waals surface area (Å²) in [5.41, 5.74) is 0. The Hall–Kier alpha value is 0.540. The first-order valence-electron chi connectivity index (χ1n) is 1.26. The van der Waals surface area contributed by atoms with Gasteiger partial charge in [-0.25, -0.2) is 0 Å². The fourth-order valence-corrected chi connectivity index (χ4v) is 2.34. The van der Waals surface area contributed by atoms with Gasteiger partial charge in [-0.3, -0.25) is 0 Å². The Morgan fingerprint density at radius 1 is 1.29 bits per heavy atom. The van der Waals surface area contributed by atoms with Crippen molar-refractivity contribution in [3.63, 3.8) is 0 Å². The van der Waals surface area contributed by atoms with E-state index >= 15 is 0 Å². The first kappa shape index (κ1) is 5.67. The quantitative estimate of drug-likeness (QED) is 0.316. The number of rotatable bonds is 0. The molecule has 0 saturated carbocycles. The third kappa shape index (κ3) is 2.37. The minimum atomic E-state index is 1.18. The summed E-state index contributed by atoms with van der Waals surface area (Å²) in [6.07, 6.45) is 0. The Kier molecular flexibility index (Phi) is 2.86. The zero-order valence-corrected chi connectivity index (χ0v) is 6.24. The average molecular weight is 170 g/mol. The zero-order chi connectivity index (χ0) is 4.95. The van der Waals surface area contributed by atoms with Crippen LogP contribution in [0.2, 0.25) is 0 Å². The van der Waals surface area contributed by atoms with Gasteiger partial charge in [-0.05, 0) is 0 Å². The molecule has 0 radical (unpaired) electrons. The first-order chi connectivity index (χ1) is 3.50. The summed E-state index contributed by atoms with van der Waals surface area (Å²) in [7, 11) is 2.68. The second-order valence-electron chi connectivity index (χ2n) is 0.536. The molecule has 0 aromatic rings. The number of hydrogen-bond donors (Lipinski definition) is 0. The highest BCUT2D eigenvalue weighted by molar-refractivity contribution is 8.76. The van der Waals surface area contributed by atoms with Crippen LogP contribution in [0, 0.1) is 0 Å². The maximum Gasteiger partial charge on any atom is 0.529 e. The van der Waals surface area contributed by atoms with Gasteiger partial charge in [0.05, 0.1) is 14.7 Å². The van der Waals surface area contributed by atoms with E-state index in [-0.39, 0.29) is 0 Å². The van der Waals surface area contributed by atoms with E-state index in [0.29, 0.717) is 0 Å². The minimum absolute atomic E-state index is 1.18. The number of hydrogen-bond acceptors (Lipinski definition) is 5. The highest BCUT2D eigenvalue weighted by Crippen LogP contribution is 2.23. The number of nitrogens with zero attached hydrogens (tertiary/aromatic N) is 3. The topological polar surface area (TPSA) is 37.1 Å². The van der Waals surface area contributed by atoms with Gasteiger partial charge in [-0.2, -0.15) is 0 Å². The van der Waals surface area contributed by atoms with Crippen LogP contribution < -0.4 is 0 Å². The molecule has 3 nitrogen and oxygen atoms in total. The second-order valence-corrected chi connectivity index (χ2v) is 3.84. The lowest BCUT2D eigenvalue weighted by molar-refractivity contribution is 2.00. The molecule has 0 amide bonds. The van der Waals surface area contributed by atoms with Crippen molar-refractivity contribution in [2.24, 2.45) is 11.3 Å². The van der Waals surface area contributed by atoms with Crippen molar-refractivity contribution < 1.29 is 0 Å². The molecule has 1 rings (SSSR count). The van der Waals surface area contributed by atoms with E-state index in [1.165, 1.54) is 45.1 Å². The molecule has 38 valence electrons. The molecule has 0 aromatic heterocycles. The van der Waals surface area contributed by atoms with Crippen molar-refractivity contribution in [1.82, 2.24) is 0 Å². The molecule has 0 unspecified atom stereocenters. The SMILES string of the molecule is N1=S=N[S+]=NSS1. The van der Waals surface area contributed by atoms with Crippen molar-refractivity contribution in [2.45, 2.75) is 0 Å². The van der Waals surface area contributed by atoms with E-state index in [2.05, 4.69) is 11.3 Å². The summed E-state index contributed by atoms with van der Waals surface area (Å²) >= 11 is 2.35. The fourth-order valence-electron chi connectivity index (χ4n) is 0.0966. The van der Waals surface area contributed by atoms with E-state index in [0.717, 1.165) is 0 Å². The lowest BCUT2D eigenvalue weighted by atomic mass is 13.9. The van der Waals surface area contributed by atoms with E-state index in [9.17, 15) is 0 Å². The van der Waals surface area contributed by atoms with Crippen molar-refractivity contribution in [3.8, 4) is 0 Å². The highest BCUT2D eigenvalue weighted by atomic mass is 33.1. The van der Waals surface area contributed by atoms with Crippen molar-refractivity contribution >= 4 is 45.1 Å². The Bertz CT molecular complexity index is 130. The van der Waals surface area contributed by atoms with Crippen LogP contribution in [0.3, 0.4) is 0 Å². The Morgan fingerprint density at radius 2 is 2.29 bits per heavy atom. The maximum absolute atomic E-state index is 3.79. The molecule has 0 N–H and O–H groups in total. The van der Waals surface area contributed by atoms with Crippen LogP contribution in [-0.2, 0) is 23.1 Å². The third-order valence-corrected chi connectivity index (χ3v) is 3.14. The van der Waals surface area contributed by atoms with Gasteiger partial charge in [0.1, 0.15) is 26.1 Å². The van der Waals surface area contributed by atoms with Gasteiger partial charge in [0.25, 0.3) is 0 Å². The summed E-state index contributed by atoms with van der Waals surface area (Å²) in [5.74, 6) is 0. The van der Waals surface area contributed by atoms with Gasteiger partial charge in [0.15, 0.2) is 0 Å². The summed E-state index contributed by atoms with van der Waals surface area (Å²) in [6.45, 7) is 0. The second kappa shape index (κ2) is 3.53. The molecule has 1 aliphatic rings. The van der Waals surface area contributed by atoms with E-state index in [1.807, 2.05) is 0 Å². The molecule has 0 bridgehead atoms. The van der Waals surface area contributed by atoms with E-state index in [1.54, 1.807) is 0 Å². The Morgan fingerprint density at radius 3 is 3.29 bits per heavy atom. The van der Waals surface area contributed by atoms with Crippen molar-refractivity contribution in [3.05, 3.63) is 0 Å². The molecule has 0 atom stereocenters. The fraction of sp³-hybridized carbons (Fsp3) is 0. The smallest absolute Gasteiger partial charge is 0.123 e. The lowest BCUT2D eigenvalue weighted by Gasteiger charge is -1.63. The standard InChI is InChI=1S/N3S4/c1-4-2-6-7-3-5-1/q+1. The summed E-state index contributed by atoms with van der Waals surface area (Å²) in [6, 6.07) is 0. The van der Waals surface area contributed by atoms with Crippen molar-refractivity contribution in [2.75, 3.05) is 0 Å². The normalized spacial score (nSPS) is 18.3. The lowest BCUT2D eigenvalue weighted by Crippen LogP contribution is -1.38. The molecule has 0 saturated heterocycles. The summed E-state index contributed by atoms with van der Waals surface area (Å²) in [4.78, 5) is 0. The van der Waals surface area contributed by atoms with Crippen molar-refractivity contribution in [1.29, 1.82) is 0 Å². The van der Waals surface area contributed by atoms with Gasteiger partial charge in [0, 0.05) is 0 Å². The van der Waals surface area contributed by atoms with Gasteiger partial charge in [-0.15, -0.1) is 3.77 Å². The van der Waals surface area contributed by atoms with Crippen LogP contribution >= 0.6 is 22.0 Å². The van der Waals surface area contributed by atoms with Crippen LogP contribution in [0.15, 0.2) is 11.3 Å². The molecule has 0 aromatic carbocycles. The average Bonchev–Trinajstić information content (AvgIpc) is 1.90. The van der Waals surface area contributed by atoms with Crippen LogP contribution in [0.25, 0.3) is 0 Å². The largest absolute Gasteiger partial charge is 0.529 e. The zero-order valence-electron chi connectivity index (χ0n) is 2.97. The molecular formula is N3S4+. The Balaban J connectivity index is 2.65. The van der Waals surface area contributed by atoms with Gasteiger partial charge in [0.2, 0.25) is 0 Å². The van der Waals surface area contributed by atoms with Crippen LogP contribution in [-0.4, -0.2) is 0 Å². The highest BCUT2D eigenvalue weighted by Gasteiger charge is 1.94. The van der Waals surface area contributed by atoms with Crippen LogP contribution in [0.4, 0.5) is 0 Å². The minimum Gasteiger partial charge on any atom is -0.123 e. The molecular weight excluding hydrogens is 170 g/mol. The molecule has 0 spiro atoms. The van der Waals surface area contributed by atoms with Gasteiger partial charge in [-0.1, -0.05) is 0 Å². The predicted octanol–water partition coefficient (Wildman–Crippen LogP) is 1.84. The summed E-state index contributed by atoms with van der Waals surface area (Å²) < 4.78 is 11.3. The molecule has 7 heteroatoms. The maximum atomic E-state index is 3.79. The van der Waals surface area contributed by atoms with Crippen LogP contribution in [0.5, 0.6) is 0 Å². The van der Waals surface area contributed by atoms with Crippen LogP contribution in [0.1, 0.15) is 0 Å². The molecule has 0 aliphatic carbocycles. The molecule has 0 fully saturated rings. The molecule has 1 heterocycles. The van der Waals surface area contributed by atoms with E-state index < -0.39 is 0 Å². The monoisotopic (exact) mass is 170 g/mol. The third-order valence-electron chi connectivity index (χ3n) is 0.228. The molecule has 1 aliphatic heterocycles. The van der Waals surface area contributed by atoms with Gasteiger partial charge < -0.3 is 0 Å². The summed E-state index contributed by atoms with van der Waals surface area (Å²) in [5, 5.41) is 0. The first-order valence-corrected chi connectivity index (χ1v) is 4.79. The Labute approximate surface area is 56.5 Å². The van der Waals surface area contributed by atoms with Gasteiger partial charge >= 0.3 is 11.7 Å².